The fourth-order valence-corrected chi connectivity index (χ4v) is 1.61. The van der Waals surface area contributed by atoms with E-state index in [0.717, 1.165) is 24.1 Å². The first kappa shape index (κ1) is 11.1. The lowest BCUT2D eigenvalue weighted by molar-refractivity contribution is 0.704. The van der Waals surface area contributed by atoms with Gasteiger partial charge in [-0.3, -0.25) is 4.68 Å². The van der Waals surface area contributed by atoms with E-state index in [-0.39, 0.29) is 0 Å². The molecule has 3 heteroatoms. The molecule has 0 aliphatic heterocycles. The smallest absolute Gasteiger partial charge is 0.0839 e. The minimum Gasteiger partial charge on any atom is -0.271 e. The van der Waals surface area contributed by atoms with E-state index in [9.17, 15) is 0 Å². The van der Waals surface area contributed by atoms with E-state index in [4.69, 9.17) is 11.6 Å². The molecule has 76 valence electrons. The average Bonchev–Trinajstić information content (AvgIpc) is 2.50. The predicted molar refractivity (Wildman–Crippen MR) is 59.6 cm³/mol. The third-order valence-electron chi connectivity index (χ3n) is 2.19. The van der Waals surface area contributed by atoms with Gasteiger partial charge >= 0.3 is 0 Å². The van der Waals surface area contributed by atoms with E-state index in [0.29, 0.717) is 5.88 Å². The van der Waals surface area contributed by atoms with Gasteiger partial charge < -0.3 is 0 Å². The second kappa shape index (κ2) is 5.07. The largest absolute Gasteiger partial charge is 0.271 e. The van der Waals surface area contributed by atoms with Gasteiger partial charge in [-0.2, -0.15) is 5.10 Å². The van der Waals surface area contributed by atoms with Crippen LogP contribution in [0.4, 0.5) is 0 Å². The maximum absolute atomic E-state index is 5.55. The van der Waals surface area contributed by atoms with Gasteiger partial charge in [0.2, 0.25) is 0 Å². The summed E-state index contributed by atoms with van der Waals surface area (Å²) in [5.74, 6) is 6.35. The molecule has 1 rings (SSSR count). The summed E-state index contributed by atoms with van der Waals surface area (Å²) in [6.07, 6.45) is 1.87. The Morgan fingerprint density at radius 1 is 1.36 bits per heavy atom. The number of rotatable bonds is 2. The highest BCUT2D eigenvalue weighted by Gasteiger charge is 2.10. The van der Waals surface area contributed by atoms with Gasteiger partial charge in [0, 0.05) is 7.05 Å². The van der Waals surface area contributed by atoms with Crippen LogP contribution in [0.15, 0.2) is 0 Å². The first-order chi connectivity index (χ1) is 6.74. The van der Waals surface area contributed by atoms with Gasteiger partial charge in [0.05, 0.1) is 22.8 Å². The number of aryl methyl sites for hydroxylation is 2. The van der Waals surface area contributed by atoms with E-state index in [2.05, 4.69) is 30.8 Å². The summed E-state index contributed by atoms with van der Waals surface area (Å²) >= 11 is 5.55. The molecule has 0 saturated carbocycles. The zero-order valence-corrected chi connectivity index (χ0v) is 9.65. The van der Waals surface area contributed by atoms with Crippen molar-refractivity contribution in [2.75, 3.05) is 5.88 Å². The molecule has 0 radical (unpaired) electrons. The highest BCUT2D eigenvalue weighted by atomic mass is 35.5. The fraction of sp³-hybridized carbons (Fsp3) is 0.545. The minimum atomic E-state index is 0.376. The van der Waals surface area contributed by atoms with Gasteiger partial charge in [-0.1, -0.05) is 25.7 Å². The van der Waals surface area contributed by atoms with Crippen molar-refractivity contribution in [3.05, 3.63) is 17.0 Å². The molecule has 0 aliphatic rings. The lowest BCUT2D eigenvalue weighted by Gasteiger charge is -1.96. The Morgan fingerprint density at radius 3 is 2.57 bits per heavy atom. The zero-order chi connectivity index (χ0) is 10.6. The third kappa shape index (κ3) is 2.10. The van der Waals surface area contributed by atoms with Crippen molar-refractivity contribution in [2.45, 2.75) is 26.7 Å². The molecule has 0 atom stereocenters. The monoisotopic (exact) mass is 210 g/mol. The molecule has 0 aliphatic carbocycles. The van der Waals surface area contributed by atoms with Gasteiger partial charge in [-0.25, -0.2) is 0 Å². The number of hydrogen-bond donors (Lipinski definition) is 0. The summed E-state index contributed by atoms with van der Waals surface area (Å²) in [7, 11) is 1.96. The highest BCUT2D eigenvalue weighted by Crippen LogP contribution is 2.13. The normalized spacial score (nSPS) is 9.71. The Kier molecular flexibility index (Phi) is 4.03. The molecule has 0 bridgehead atoms. The third-order valence-corrected chi connectivity index (χ3v) is 2.32. The number of nitrogens with zero attached hydrogens (tertiary/aromatic N) is 2. The van der Waals surface area contributed by atoms with Gasteiger partial charge in [0.15, 0.2) is 0 Å². The van der Waals surface area contributed by atoms with Crippen molar-refractivity contribution < 1.29 is 0 Å². The van der Waals surface area contributed by atoms with E-state index in [1.54, 1.807) is 0 Å². The topological polar surface area (TPSA) is 17.8 Å². The molecule has 0 amide bonds. The summed E-state index contributed by atoms with van der Waals surface area (Å²) in [5.41, 5.74) is 3.33. The van der Waals surface area contributed by atoms with Crippen LogP contribution >= 0.6 is 11.6 Å². The Morgan fingerprint density at radius 2 is 2.07 bits per heavy atom. The number of halogens is 1. The van der Waals surface area contributed by atoms with Crippen LogP contribution in [0.25, 0.3) is 0 Å². The standard InChI is InChI=1S/C11H15ClN2/c1-4-10-9(7-6-8-12)11(5-2)14(3)13-10/h4-5,8H2,1-3H3. The summed E-state index contributed by atoms with van der Waals surface area (Å²) in [5, 5.41) is 4.42. The molecule has 1 aromatic rings. The van der Waals surface area contributed by atoms with Gasteiger partial charge in [0.25, 0.3) is 0 Å². The van der Waals surface area contributed by atoms with Crippen molar-refractivity contribution in [1.82, 2.24) is 9.78 Å². The molecule has 0 spiro atoms. The first-order valence-electron chi connectivity index (χ1n) is 4.84. The van der Waals surface area contributed by atoms with E-state index in [1.807, 2.05) is 11.7 Å². The first-order valence-corrected chi connectivity index (χ1v) is 5.37. The minimum absolute atomic E-state index is 0.376. The highest BCUT2D eigenvalue weighted by molar-refractivity contribution is 6.19. The number of hydrogen-bond acceptors (Lipinski definition) is 1. The molecular weight excluding hydrogens is 196 g/mol. The molecule has 1 heterocycles. The second-order valence-corrected chi connectivity index (χ2v) is 3.30. The molecule has 0 aromatic carbocycles. The van der Waals surface area contributed by atoms with Gasteiger partial charge in [-0.05, 0) is 12.8 Å². The van der Waals surface area contributed by atoms with Crippen LogP contribution in [-0.4, -0.2) is 15.7 Å². The maximum atomic E-state index is 5.55. The summed E-state index contributed by atoms with van der Waals surface area (Å²) in [6.45, 7) is 4.20. The molecule has 2 nitrogen and oxygen atoms in total. The molecule has 0 saturated heterocycles. The van der Waals surface area contributed by atoms with Crippen LogP contribution in [0.1, 0.15) is 30.8 Å². The molecule has 0 N–H and O–H groups in total. The van der Waals surface area contributed by atoms with Crippen molar-refractivity contribution in [1.29, 1.82) is 0 Å². The molecule has 0 unspecified atom stereocenters. The van der Waals surface area contributed by atoms with E-state index in [1.165, 1.54) is 5.69 Å². The number of aromatic nitrogens is 2. The van der Waals surface area contributed by atoms with Crippen LogP contribution in [0, 0.1) is 11.8 Å². The lowest BCUT2D eigenvalue weighted by Crippen LogP contribution is -1.97. The van der Waals surface area contributed by atoms with Crippen LogP contribution < -0.4 is 0 Å². The summed E-state index contributed by atoms with van der Waals surface area (Å²) < 4.78 is 1.91. The van der Waals surface area contributed by atoms with Crippen LogP contribution in [-0.2, 0) is 19.9 Å². The summed E-state index contributed by atoms with van der Waals surface area (Å²) in [6, 6.07) is 0. The fourth-order valence-electron chi connectivity index (χ4n) is 1.54. The van der Waals surface area contributed by atoms with Gasteiger partial charge in [-0.15, -0.1) is 11.6 Å². The van der Waals surface area contributed by atoms with Crippen molar-refractivity contribution in [3.8, 4) is 11.8 Å². The SMILES string of the molecule is CCc1nn(C)c(CC)c1C#CCCl. The second-order valence-electron chi connectivity index (χ2n) is 3.03. The molecule has 14 heavy (non-hydrogen) atoms. The summed E-state index contributed by atoms with van der Waals surface area (Å²) in [4.78, 5) is 0. The van der Waals surface area contributed by atoms with Crippen molar-refractivity contribution in [3.63, 3.8) is 0 Å². The Balaban J connectivity index is 3.20. The lowest BCUT2D eigenvalue weighted by atomic mass is 10.1. The number of alkyl halides is 1. The quantitative estimate of drug-likeness (QED) is 0.540. The maximum Gasteiger partial charge on any atom is 0.0839 e. The predicted octanol–water partition coefficient (Wildman–Crippen LogP) is 2.14. The van der Waals surface area contributed by atoms with Crippen molar-refractivity contribution >= 4 is 11.6 Å². The van der Waals surface area contributed by atoms with Gasteiger partial charge in [0.1, 0.15) is 0 Å². The van der Waals surface area contributed by atoms with Crippen LogP contribution in [0.2, 0.25) is 0 Å². The van der Waals surface area contributed by atoms with Crippen LogP contribution in [0.5, 0.6) is 0 Å². The zero-order valence-electron chi connectivity index (χ0n) is 8.89. The Hall–Kier alpha value is -0.940. The Labute approximate surface area is 90.3 Å². The van der Waals surface area contributed by atoms with Crippen LogP contribution in [0.3, 0.4) is 0 Å². The Bertz CT molecular complexity index is 369. The molecule has 0 fully saturated rings. The molecular formula is C11H15ClN2. The van der Waals surface area contributed by atoms with Crippen molar-refractivity contribution in [2.24, 2.45) is 7.05 Å². The molecule has 1 aromatic heterocycles. The van der Waals surface area contributed by atoms with E-state index >= 15 is 0 Å². The van der Waals surface area contributed by atoms with E-state index < -0.39 is 0 Å². The average molecular weight is 211 g/mol.